The molecule has 0 atom stereocenters. The number of carbonyl (C=O) groups is 1. The first-order chi connectivity index (χ1) is 14.0. The van der Waals surface area contributed by atoms with Crippen LogP contribution in [0.15, 0.2) is 36.7 Å². The number of fused-ring (bicyclic) bond motifs is 1. The summed E-state index contributed by atoms with van der Waals surface area (Å²) in [5, 5.41) is 17.5. The molecule has 3 aromatic rings. The normalized spacial score (nSPS) is 11.3. The summed E-state index contributed by atoms with van der Waals surface area (Å²) in [6.07, 6.45) is 2.62. The maximum absolute atomic E-state index is 12.5. The van der Waals surface area contributed by atoms with Gasteiger partial charge in [-0.15, -0.1) is 0 Å². The van der Waals surface area contributed by atoms with Gasteiger partial charge in [0.2, 0.25) is 11.9 Å². The van der Waals surface area contributed by atoms with Crippen LogP contribution in [0.1, 0.15) is 20.3 Å². The van der Waals surface area contributed by atoms with Crippen molar-refractivity contribution < 1.29 is 9.72 Å². The summed E-state index contributed by atoms with van der Waals surface area (Å²) in [7, 11) is 0. The first kappa shape index (κ1) is 20.5. The molecular weight excluding hydrogens is 374 g/mol. The van der Waals surface area contributed by atoms with Crippen molar-refractivity contribution in [2.75, 3.05) is 25.0 Å². The van der Waals surface area contributed by atoms with E-state index in [4.69, 9.17) is 0 Å². The number of hydrogen-bond acceptors (Lipinski definition) is 6. The molecule has 2 aromatic heterocycles. The smallest absolute Gasteiger partial charge is 0.306 e. The van der Waals surface area contributed by atoms with Gasteiger partial charge in [-0.1, -0.05) is 26.0 Å². The Kier molecular flexibility index (Phi) is 6.55. The predicted octanol–water partition coefficient (Wildman–Crippen LogP) is 2.51. The lowest BCUT2D eigenvalue weighted by Gasteiger charge is -2.19. The van der Waals surface area contributed by atoms with Gasteiger partial charge in [0, 0.05) is 26.1 Å². The van der Waals surface area contributed by atoms with Crippen LogP contribution in [0.5, 0.6) is 0 Å². The van der Waals surface area contributed by atoms with E-state index in [0.717, 1.165) is 30.7 Å². The summed E-state index contributed by atoms with van der Waals surface area (Å²) >= 11 is 0. The van der Waals surface area contributed by atoms with Crippen LogP contribution in [0.2, 0.25) is 0 Å². The molecule has 0 unspecified atom stereocenters. The van der Waals surface area contributed by atoms with E-state index in [1.807, 2.05) is 28.8 Å². The minimum atomic E-state index is -0.512. The minimum absolute atomic E-state index is 0.0939. The van der Waals surface area contributed by atoms with Gasteiger partial charge in [-0.2, -0.15) is 5.10 Å². The van der Waals surface area contributed by atoms with Crippen molar-refractivity contribution >= 4 is 28.6 Å². The van der Waals surface area contributed by atoms with Gasteiger partial charge in [-0.05, 0) is 25.2 Å². The van der Waals surface area contributed by atoms with Gasteiger partial charge in [-0.3, -0.25) is 24.9 Å². The molecule has 0 spiro atoms. The molecule has 154 valence electrons. The lowest BCUT2D eigenvalue weighted by Crippen LogP contribution is -2.27. The largest absolute Gasteiger partial charge is 0.309 e. The zero-order valence-electron chi connectivity index (χ0n) is 16.6. The van der Waals surface area contributed by atoms with Crippen molar-refractivity contribution in [3.05, 3.63) is 46.8 Å². The number of para-hydroxylation sites is 2. The number of aryl methyl sites for hydroxylation is 1. The average molecular weight is 399 g/mol. The molecule has 1 N–H and O–H groups in total. The number of hydrogen-bond donors (Lipinski definition) is 1. The molecule has 2 heterocycles. The molecule has 0 saturated heterocycles. The minimum Gasteiger partial charge on any atom is -0.309 e. The van der Waals surface area contributed by atoms with Crippen LogP contribution >= 0.6 is 0 Å². The fourth-order valence-corrected chi connectivity index (χ4v) is 3.15. The number of nitrogens with one attached hydrogen (secondary N) is 1. The molecular formula is C19H25N7O3. The van der Waals surface area contributed by atoms with Crippen LogP contribution < -0.4 is 5.32 Å². The molecule has 3 rings (SSSR count). The van der Waals surface area contributed by atoms with Gasteiger partial charge in [-0.25, -0.2) is 4.98 Å². The van der Waals surface area contributed by atoms with E-state index in [9.17, 15) is 14.9 Å². The monoisotopic (exact) mass is 399 g/mol. The zero-order valence-corrected chi connectivity index (χ0v) is 16.6. The van der Waals surface area contributed by atoms with Gasteiger partial charge < -0.3 is 9.47 Å². The maximum Gasteiger partial charge on any atom is 0.306 e. The second-order valence-electron chi connectivity index (χ2n) is 6.62. The van der Waals surface area contributed by atoms with E-state index in [0.29, 0.717) is 12.5 Å². The fourth-order valence-electron chi connectivity index (χ4n) is 3.15. The van der Waals surface area contributed by atoms with Crippen LogP contribution in [0.4, 0.5) is 11.6 Å². The first-order valence-electron chi connectivity index (χ1n) is 9.66. The number of likely N-dealkylation sites (N-methyl/N-ethyl adjacent to an activating group) is 1. The second kappa shape index (κ2) is 9.28. The third kappa shape index (κ3) is 4.96. The van der Waals surface area contributed by atoms with E-state index < -0.39 is 4.92 Å². The highest BCUT2D eigenvalue weighted by Crippen LogP contribution is 2.20. The van der Waals surface area contributed by atoms with Crippen molar-refractivity contribution in [1.29, 1.82) is 0 Å². The standard InChI is InChI=1S/C19H25N7O3/c1-3-23(4-2)11-12-25-17-8-6-5-7-16(17)21-19(25)22-18(27)9-10-24-14-15(13-20-24)26(28)29/h5-8,13-14H,3-4,9-12H2,1-2H3,(H,21,22,27). The summed E-state index contributed by atoms with van der Waals surface area (Å²) in [6, 6.07) is 7.78. The van der Waals surface area contributed by atoms with Crippen molar-refractivity contribution in [1.82, 2.24) is 24.2 Å². The summed E-state index contributed by atoms with van der Waals surface area (Å²) in [4.78, 5) is 29.5. The highest BCUT2D eigenvalue weighted by molar-refractivity contribution is 5.91. The van der Waals surface area contributed by atoms with Gasteiger partial charge in [0.15, 0.2) is 0 Å². The van der Waals surface area contributed by atoms with Crippen LogP contribution in [-0.2, 0) is 17.9 Å². The predicted molar refractivity (Wildman–Crippen MR) is 110 cm³/mol. The topological polar surface area (TPSA) is 111 Å². The van der Waals surface area contributed by atoms with Crippen molar-refractivity contribution in [2.24, 2.45) is 0 Å². The number of carbonyl (C=O) groups excluding carboxylic acids is 1. The Bertz CT molecular complexity index is 991. The lowest BCUT2D eigenvalue weighted by molar-refractivity contribution is -0.385. The lowest BCUT2D eigenvalue weighted by atomic mass is 10.3. The van der Waals surface area contributed by atoms with E-state index in [1.165, 1.54) is 17.1 Å². The Labute approximate surface area is 168 Å². The number of nitro groups is 1. The number of anilines is 1. The molecule has 1 aromatic carbocycles. The van der Waals surface area contributed by atoms with Gasteiger partial charge in [0.05, 0.1) is 16.0 Å². The van der Waals surface area contributed by atoms with Crippen molar-refractivity contribution in [2.45, 2.75) is 33.4 Å². The van der Waals surface area contributed by atoms with Gasteiger partial charge in [0.25, 0.3) is 0 Å². The fraction of sp³-hybridized carbons (Fsp3) is 0.421. The summed E-state index contributed by atoms with van der Waals surface area (Å²) < 4.78 is 3.41. The maximum atomic E-state index is 12.5. The van der Waals surface area contributed by atoms with Crippen molar-refractivity contribution in [3.8, 4) is 0 Å². The third-order valence-corrected chi connectivity index (χ3v) is 4.84. The molecule has 1 amide bonds. The number of benzene rings is 1. The van der Waals surface area contributed by atoms with E-state index >= 15 is 0 Å². The number of rotatable bonds is 10. The number of imidazole rings is 1. The van der Waals surface area contributed by atoms with Gasteiger partial charge in [0.1, 0.15) is 12.4 Å². The Hall–Kier alpha value is -3.27. The molecule has 0 aliphatic carbocycles. The van der Waals surface area contributed by atoms with Crippen LogP contribution in [-0.4, -0.2) is 54.7 Å². The van der Waals surface area contributed by atoms with E-state index in [1.54, 1.807) is 0 Å². The Morgan fingerprint density at radius 1 is 1.24 bits per heavy atom. The quantitative estimate of drug-likeness (QED) is 0.414. The number of amides is 1. The van der Waals surface area contributed by atoms with Gasteiger partial charge >= 0.3 is 5.69 Å². The molecule has 0 aliphatic rings. The van der Waals surface area contributed by atoms with Crippen LogP contribution in [0.25, 0.3) is 11.0 Å². The van der Waals surface area contributed by atoms with E-state index in [-0.39, 0.29) is 24.6 Å². The Morgan fingerprint density at radius 2 is 2.00 bits per heavy atom. The Morgan fingerprint density at radius 3 is 2.69 bits per heavy atom. The molecule has 10 nitrogen and oxygen atoms in total. The summed E-state index contributed by atoms with van der Waals surface area (Å²) in [5.41, 5.74) is 1.70. The third-order valence-electron chi connectivity index (χ3n) is 4.84. The molecule has 0 aliphatic heterocycles. The molecule has 0 radical (unpaired) electrons. The SMILES string of the molecule is CCN(CC)CCn1c(NC(=O)CCn2cc([N+](=O)[O-])cn2)nc2ccccc21. The highest BCUT2D eigenvalue weighted by Gasteiger charge is 2.15. The summed E-state index contributed by atoms with van der Waals surface area (Å²) in [6.45, 7) is 7.98. The molecule has 0 bridgehead atoms. The highest BCUT2D eigenvalue weighted by atomic mass is 16.6. The van der Waals surface area contributed by atoms with E-state index in [2.05, 4.69) is 34.1 Å². The second-order valence-corrected chi connectivity index (χ2v) is 6.62. The van der Waals surface area contributed by atoms with Crippen LogP contribution in [0.3, 0.4) is 0 Å². The first-order valence-corrected chi connectivity index (χ1v) is 9.66. The Balaban J connectivity index is 1.69. The van der Waals surface area contributed by atoms with Crippen LogP contribution in [0, 0.1) is 10.1 Å². The number of aromatic nitrogens is 4. The molecule has 0 fully saturated rings. The number of nitrogens with zero attached hydrogens (tertiary/aromatic N) is 6. The average Bonchev–Trinajstić information content (AvgIpc) is 3.32. The molecule has 0 saturated carbocycles. The molecule has 10 heteroatoms. The van der Waals surface area contributed by atoms with Crippen molar-refractivity contribution in [3.63, 3.8) is 0 Å². The summed E-state index contributed by atoms with van der Waals surface area (Å²) in [5.74, 6) is 0.289. The molecule has 29 heavy (non-hydrogen) atoms. The zero-order chi connectivity index (χ0) is 20.8.